The van der Waals surface area contributed by atoms with E-state index in [0.717, 1.165) is 16.8 Å². The number of rotatable bonds is 3. The number of aryl methyl sites for hydroxylation is 4. The summed E-state index contributed by atoms with van der Waals surface area (Å²) in [6.07, 6.45) is 1.51. The van der Waals surface area contributed by atoms with E-state index in [1.807, 2.05) is 27.7 Å². The third-order valence-corrected chi connectivity index (χ3v) is 3.89. The number of pyridine rings is 1. The van der Waals surface area contributed by atoms with E-state index < -0.39 is 5.97 Å². The number of aromatic carboxylic acids is 1. The Morgan fingerprint density at radius 2 is 1.75 bits per heavy atom. The van der Waals surface area contributed by atoms with E-state index in [2.05, 4.69) is 27.3 Å². The Balaban J connectivity index is 2.11. The molecule has 0 radical (unpaired) electrons. The molecule has 1 aromatic carbocycles. The first kappa shape index (κ1) is 15.9. The van der Waals surface area contributed by atoms with Gasteiger partial charge in [-0.2, -0.15) is 0 Å². The molecular formula is C18H18N4O2. The largest absolute Gasteiger partial charge is 0.478 e. The zero-order valence-electron chi connectivity index (χ0n) is 14.0. The first-order chi connectivity index (χ1) is 11.4. The molecule has 0 aliphatic rings. The molecule has 0 atom stereocenters. The van der Waals surface area contributed by atoms with E-state index in [-0.39, 0.29) is 5.56 Å². The van der Waals surface area contributed by atoms with Gasteiger partial charge in [-0.05, 0) is 51.0 Å². The maximum absolute atomic E-state index is 11.2. The van der Waals surface area contributed by atoms with Crippen LogP contribution in [0.15, 0.2) is 40.7 Å². The number of carboxylic acid groups (broad SMARTS) is 1. The molecule has 0 saturated carbocycles. The van der Waals surface area contributed by atoms with Crippen LogP contribution >= 0.6 is 0 Å². The summed E-state index contributed by atoms with van der Waals surface area (Å²) >= 11 is 0. The van der Waals surface area contributed by atoms with Gasteiger partial charge in [0.25, 0.3) is 0 Å². The molecule has 0 aliphatic carbocycles. The van der Waals surface area contributed by atoms with Gasteiger partial charge in [0.1, 0.15) is 5.65 Å². The van der Waals surface area contributed by atoms with E-state index in [1.165, 1.54) is 17.8 Å². The first-order valence-corrected chi connectivity index (χ1v) is 7.58. The summed E-state index contributed by atoms with van der Waals surface area (Å²) in [6, 6.07) is 7.31. The lowest BCUT2D eigenvalue weighted by molar-refractivity contribution is 0.0696. The van der Waals surface area contributed by atoms with E-state index in [0.29, 0.717) is 17.2 Å². The molecule has 3 rings (SSSR count). The Hall–Kier alpha value is -3.02. The monoisotopic (exact) mass is 322 g/mol. The fraction of sp³-hybridized carbons (Fsp3) is 0.222. The summed E-state index contributed by atoms with van der Waals surface area (Å²) in [5.41, 5.74) is 5.62. The van der Waals surface area contributed by atoms with Gasteiger partial charge in [-0.25, -0.2) is 9.78 Å². The van der Waals surface area contributed by atoms with Gasteiger partial charge in [0.05, 0.1) is 16.9 Å². The number of imidazole rings is 1. The minimum Gasteiger partial charge on any atom is -0.478 e. The van der Waals surface area contributed by atoms with Crippen molar-refractivity contribution >= 4 is 23.1 Å². The van der Waals surface area contributed by atoms with Crippen LogP contribution in [-0.4, -0.2) is 20.5 Å². The first-order valence-electron chi connectivity index (χ1n) is 7.58. The lowest BCUT2D eigenvalue weighted by Crippen LogP contribution is -1.98. The predicted octanol–water partition coefficient (Wildman–Crippen LogP) is 4.68. The van der Waals surface area contributed by atoms with Crippen molar-refractivity contribution in [2.75, 3.05) is 0 Å². The third kappa shape index (κ3) is 2.78. The van der Waals surface area contributed by atoms with Gasteiger partial charge in [-0.3, -0.25) is 4.40 Å². The average molecular weight is 322 g/mol. The number of hydrogen-bond donors (Lipinski definition) is 1. The smallest absolute Gasteiger partial charge is 0.337 e. The number of carbonyl (C=O) groups is 1. The van der Waals surface area contributed by atoms with Crippen LogP contribution in [0.2, 0.25) is 0 Å². The van der Waals surface area contributed by atoms with Crippen LogP contribution in [-0.2, 0) is 0 Å². The topological polar surface area (TPSA) is 79.3 Å². The minimum absolute atomic E-state index is 0.180. The number of benzene rings is 1. The molecule has 0 unspecified atom stereocenters. The van der Waals surface area contributed by atoms with Gasteiger partial charge >= 0.3 is 5.97 Å². The van der Waals surface area contributed by atoms with Gasteiger partial charge in [0.15, 0.2) is 5.82 Å². The van der Waals surface area contributed by atoms with Crippen LogP contribution in [0, 0.1) is 27.7 Å². The quantitative estimate of drug-likeness (QED) is 0.711. The molecule has 0 bridgehead atoms. The van der Waals surface area contributed by atoms with E-state index in [9.17, 15) is 4.79 Å². The molecule has 0 spiro atoms. The van der Waals surface area contributed by atoms with Gasteiger partial charge < -0.3 is 5.11 Å². The number of azo groups is 1. The van der Waals surface area contributed by atoms with E-state index >= 15 is 0 Å². The number of nitrogens with zero attached hydrogens (tertiary/aromatic N) is 4. The highest BCUT2D eigenvalue weighted by atomic mass is 16.4. The van der Waals surface area contributed by atoms with Crippen molar-refractivity contribution in [3.8, 4) is 0 Å². The Labute approximate surface area is 139 Å². The van der Waals surface area contributed by atoms with Crippen LogP contribution in [0.3, 0.4) is 0 Å². The standard InChI is InChI=1S/C18H18N4O2/c1-10-7-11(2)16(12(3)8-10)20-21-17-13(4)19-15-6-5-14(18(23)24)9-22(15)17/h5-9H,1-4H3,(H,23,24). The van der Waals surface area contributed by atoms with Gasteiger partial charge in [-0.1, -0.05) is 17.7 Å². The molecule has 2 heterocycles. The maximum atomic E-state index is 11.2. The average Bonchev–Trinajstić information content (AvgIpc) is 2.81. The van der Waals surface area contributed by atoms with Crippen LogP contribution in [0.1, 0.15) is 32.7 Å². The summed E-state index contributed by atoms with van der Waals surface area (Å²) in [7, 11) is 0. The van der Waals surface area contributed by atoms with Crippen molar-refractivity contribution in [3.63, 3.8) is 0 Å². The molecule has 0 amide bonds. The van der Waals surface area contributed by atoms with Crippen LogP contribution in [0.25, 0.3) is 5.65 Å². The third-order valence-electron chi connectivity index (χ3n) is 3.89. The Bertz CT molecular complexity index is 963. The number of carboxylic acids is 1. The van der Waals surface area contributed by atoms with E-state index in [1.54, 1.807) is 10.5 Å². The Kier molecular flexibility index (Phi) is 3.89. The zero-order chi connectivity index (χ0) is 17.4. The van der Waals surface area contributed by atoms with Gasteiger partial charge in [-0.15, -0.1) is 10.2 Å². The van der Waals surface area contributed by atoms with Crippen molar-refractivity contribution in [2.24, 2.45) is 10.2 Å². The van der Waals surface area contributed by atoms with Crippen molar-refractivity contribution in [1.29, 1.82) is 0 Å². The van der Waals surface area contributed by atoms with E-state index in [4.69, 9.17) is 5.11 Å². The molecule has 0 aliphatic heterocycles. The van der Waals surface area contributed by atoms with Crippen LogP contribution in [0.4, 0.5) is 11.5 Å². The minimum atomic E-state index is -0.989. The second kappa shape index (κ2) is 5.88. The fourth-order valence-electron chi connectivity index (χ4n) is 2.82. The Morgan fingerprint density at radius 3 is 2.38 bits per heavy atom. The van der Waals surface area contributed by atoms with Gasteiger partial charge in [0.2, 0.25) is 0 Å². The maximum Gasteiger partial charge on any atom is 0.337 e. The predicted molar refractivity (Wildman–Crippen MR) is 91.7 cm³/mol. The highest BCUT2D eigenvalue weighted by Crippen LogP contribution is 2.29. The number of fused-ring (bicyclic) bond motifs is 1. The normalized spacial score (nSPS) is 11.5. The molecule has 6 heteroatoms. The summed E-state index contributed by atoms with van der Waals surface area (Å²) in [4.78, 5) is 15.6. The summed E-state index contributed by atoms with van der Waals surface area (Å²) in [5, 5.41) is 17.9. The highest BCUT2D eigenvalue weighted by Gasteiger charge is 2.12. The summed E-state index contributed by atoms with van der Waals surface area (Å²) in [6.45, 7) is 7.87. The lowest BCUT2D eigenvalue weighted by Gasteiger charge is -2.05. The summed E-state index contributed by atoms with van der Waals surface area (Å²) < 4.78 is 1.65. The molecule has 0 fully saturated rings. The van der Waals surface area contributed by atoms with Crippen molar-refractivity contribution in [2.45, 2.75) is 27.7 Å². The second-order valence-electron chi connectivity index (χ2n) is 5.92. The molecule has 1 N–H and O–H groups in total. The van der Waals surface area contributed by atoms with Crippen molar-refractivity contribution < 1.29 is 9.90 Å². The second-order valence-corrected chi connectivity index (χ2v) is 5.92. The lowest BCUT2D eigenvalue weighted by atomic mass is 10.1. The van der Waals surface area contributed by atoms with Crippen molar-refractivity contribution in [3.05, 3.63) is 58.4 Å². The SMILES string of the molecule is Cc1cc(C)c(N=Nc2c(C)nc3ccc(C(=O)O)cn23)c(C)c1. The van der Waals surface area contributed by atoms with Crippen LogP contribution < -0.4 is 0 Å². The number of hydrogen-bond acceptors (Lipinski definition) is 4. The molecule has 24 heavy (non-hydrogen) atoms. The molecule has 122 valence electrons. The molecule has 6 nitrogen and oxygen atoms in total. The number of aromatic nitrogens is 2. The molecule has 0 saturated heterocycles. The zero-order valence-corrected chi connectivity index (χ0v) is 14.0. The van der Waals surface area contributed by atoms with Crippen molar-refractivity contribution in [1.82, 2.24) is 9.38 Å². The fourth-order valence-corrected chi connectivity index (χ4v) is 2.82. The Morgan fingerprint density at radius 1 is 1.08 bits per heavy atom. The van der Waals surface area contributed by atoms with Crippen LogP contribution in [0.5, 0.6) is 0 Å². The van der Waals surface area contributed by atoms with Gasteiger partial charge in [0, 0.05) is 6.20 Å². The molecule has 3 aromatic rings. The molecular weight excluding hydrogens is 304 g/mol. The summed E-state index contributed by atoms with van der Waals surface area (Å²) in [5.74, 6) is -0.455. The highest BCUT2D eigenvalue weighted by molar-refractivity contribution is 5.87. The molecule has 2 aromatic heterocycles.